The molecule has 2 aromatic rings. The molecule has 7 nitrogen and oxygen atoms in total. The first kappa shape index (κ1) is 12.5. The van der Waals surface area contributed by atoms with Crippen LogP contribution in [0.1, 0.15) is 5.82 Å². The highest BCUT2D eigenvalue weighted by atomic mass is 32.2. The lowest BCUT2D eigenvalue weighted by Gasteiger charge is -2.06. The lowest BCUT2D eigenvalue weighted by atomic mass is 10.3. The van der Waals surface area contributed by atoms with Crippen molar-refractivity contribution < 1.29 is 8.42 Å². The van der Waals surface area contributed by atoms with Crippen molar-refractivity contribution in [2.45, 2.75) is 11.4 Å². The second-order valence-electron chi connectivity index (χ2n) is 3.76. The lowest BCUT2D eigenvalue weighted by Crippen LogP contribution is -2.24. The summed E-state index contributed by atoms with van der Waals surface area (Å²) in [5, 5.41) is 7.46. The Balaban J connectivity index is 2.16. The summed E-state index contributed by atoms with van der Waals surface area (Å²) in [5.41, 5.74) is 5.95. The largest absolute Gasteiger partial charge is 0.399 e. The van der Waals surface area contributed by atoms with Crippen LogP contribution in [-0.4, -0.2) is 23.2 Å². The van der Waals surface area contributed by atoms with Gasteiger partial charge in [-0.05, 0) is 18.2 Å². The first-order valence-electron chi connectivity index (χ1n) is 5.17. The average molecular weight is 267 g/mol. The number of hydrogen-bond donors (Lipinski definition) is 2. The van der Waals surface area contributed by atoms with Crippen molar-refractivity contribution in [3.05, 3.63) is 36.4 Å². The molecular weight excluding hydrogens is 254 g/mol. The Kier molecular flexibility index (Phi) is 3.30. The number of nitrogens with two attached hydrogens (primary N) is 1. The van der Waals surface area contributed by atoms with Gasteiger partial charge in [-0.15, -0.1) is 10.2 Å². The molecule has 3 N–H and O–H groups in total. The number of benzene rings is 1. The number of nitrogen functional groups attached to an aromatic ring is 1. The normalized spacial score (nSPS) is 11.6. The summed E-state index contributed by atoms with van der Waals surface area (Å²) in [7, 11) is -1.85. The number of hydrogen-bond acceptors (Lipinski definition) is 5. The van der Waals surface area contributed by atoms with Gasteiger partial charge in [-0.1, -0.05) is 6.07 Å². The zero-order valence-corrected chi connectivity index (χ0v) is 10.6. The quantitative estimate of drug-likeness (QED) is 0.751. The van der Waals surface area contributed by atoms with Gasteiger partial charge in [0.2, 0.25) is 10.0 Å². The first-order chi connectivity index (χ1) is 8.49. The summed E-state index contributed by atoms with van der Waals surface area (Å²) in [4.78, 5) is 0.129. The van der Waals surface area contributed by atoms with Gasteiger partial charge in [-0.2, -0.15) is 0 Å². The number of aromatic nitrogens is 3. The van der Waals surface area contributed by atoms with Gasteiger partial charge in [0.1, 0.15) is 12.2 Å². The van der Waals surface area contributed by atoms with Crippen LogP contribution in [0.25, 0.3) is 0 Å². The molecule has 0 radical (unpaired) electrons. The Labute approximate surface area is 105 Å². The van der Waals surface area contributed by atoms with Crippen molar-refractivity contribution >= 4 is 15.7 Å². The van der Waals surface area contributed by atoms with E-state index in [1.807, 2.05) is 0 Å². The predicted molar refractivity (Wildman–Crippen MR) is 65.9 cm³/mol. The smallest absolute Gasteiger partial charge is 0.241 e. The molecule has 0 amide bonds. The first-order valence-corrected chi connectivity index (χ1v) is 6.65. The third-order valence-electron chi connectivity index (χ3n) is 2.39. The molecule has 96 valence electrons. The molecule has 1 heterocycles. The minimum Gasteiger partial charge on any atom is -0.399 e. The van der Waals surface area contributed by atoms with Gasteiger partial charge in [0.15, 0.2) is 0 Å². The van der Waals surface area contributed by atoms with E-state index in [4.69, 9.17) is 5.73 Å². The topological polar surface area (TPSA) is 103 Å². The Bertz CT molecular complexity index is 650. The van der Waals surface area contributed by atoms with Crippen molar-refractivity contribution in [2.24, 2.45) is 7.05 Å². The molecule has 0 atom stereocenters. The molecule has 2 rings (SSSR count). The molecule has 8 heteroatoms. The highest BCUT2D eigenvalue weighted by Crippen LogP contribution is 2.12. The number of anilines is 1. The van der Waals surface area contributed by atoms with Crippen LogP contribution < -0.4 is 10.5 Å². The second kappa shape index (κ2) is 4.75. The van der Waals surface area contributed by atoms with Gasteiger partial charge in [0, 0.05) is 12.7 Å². The molecule has 0 fully saturated rings. The Morgan fingerprint density at radius 2 is 2.22 bits per heavy atom. The maximum atomic E-state index is 12.0. The molecule has 0 bridgehead atoms. The van der Waals surface area contributed by atoms with E-state index < -0.39 is 10.0 Å². The summed E-state index contributed by atoms with van der Waals surface area (Å²) in [5.74, 6) is 0.530. The molecule has 0 aliphatic rings. The number of rotatable bonds is 4. The van der Waals surface area contributed by atoms with E-state index in [1.54, 1.807) is 23.7 Å². The van der Waals surface area contributed by atoms with Crippen LogP contribution in [0.4, 0.5) is 5.69 Å². The van der Waals surface area contributed by atoms with Crippen molar-refractivity contribution in [2.75, 3.05) is 5.73 Å². The van der Waals surface area contributed by atoms with Gasteiger partial charge in [0.25, 0.3) is 0 Å². The second-order valence-corrected chi connectivity index (χ2v) is 5.52. The molecule has 0 saturated heterocycles. The fourth-order valence-corrected chi connectivity index (χ4v) is 2.43. The summed E-state index contributed by atoms with van der Waals surface area (Å²) >= 11 is 0. The van der Waals surface area contributed by atoms with Crippen molar-refractivity contribution in [3.63, 3.8) is 0 Å². The molecule has 18 heavy (non-hydrogen) atoms. The summed E-state index contributed by atoms with van der Waals surface area (Å²) in [6, 6.07) is 6.10. The Morgan fingerprint density at radius 3 is 2.83 bits per heavy atom. The zero-order valence-electron chi connectivity index (χ0n) is 9.74. The van der Waals surface area contributed by atoms with E-state index in [9.17, 15) is 8.42 Å². The molecule has 0 unspecified atom stereocenters. The molecule has 1 aromatic heterocycles. The monoisotopic (exact) mass is 267 g/mol. The average Bonchev–Trinajstić information content (AvgIpc) is 2.72. The maximum absolute atomic E-state index is 12.0. The van der Waals surface area contributed by atoms with E-state index in [0.29, 0.717) is 11.5 Å². The molecule has 0 aliphatic heterocycles. The van der Waals surface area contributed by atoms with E-state index in [0.717, 1.165) is 0 Å². The number of sulfonamides is 1. The van der Waals surface area contributed by atoms with Gasteiger partial charge >= 0.3 is 0 Å². The highest BCUT2D eigenvalue weighted by Gasteiger charge is 2.14. The highest BCUT2D eigenvalue weighted by molar-refractivity contribution is 7.89. The molecular formula is C10H13N5O2S. The van der Waals surface area contributed by atoms with Gasteiger partial charge in [0.05, 0.1) is 11.4 Å². The van der Waals surface area contributed by atoms with Crippen LogP contribution in [-0.2, 0) is 23.6 Å². The van der Waals surface area contributed by atoms with E-state index in [1.165, 1.54) is 18.5 Å². The van der Waals surface area contributed by atoms with E-state index in [2.05, 4.69) is 14.9 Å². The molecule has 0 saturated carbocycles. The lowest BCUT2D eigenvalue weighted by molar-refractivity contribution is 0.577. The van der Waals surface area contributed by atoms with Crippen LogP contribution in [0.15, 0.2) is 35.5 Å². The van der Waals surface area contributed by atoms with Crippen LogP contribution in [0.2, 0.25) is 0 Å². The fraction of sp³-hybridized carbons (Fsp3) is 0.200. The third-order valence-corrected chi connectivity index (χ3v) is 3.79. The summed E-state index contributed by atoms with van der Waals surface area (Å²) in [6.07, 6.45) is 1.50. The van der Waals surface area contributed by atoms with Gasteiger partial charge < -0.3 is 10.3 Å². The summed E-state index contributed by atoms with van der Waals surface area (Å²) in [6.45, 7) is 0.0770. The summed E-state index contributed by atoms with van der Waals surface area (Å²) < 4.78 is 28.0. The van der Waals surface area contributed by atoms with Crippen LogP contribution >= 0.6 is 0 Å². The maximum Gasteiger partial charge on any atom is 0.241 e. The Hall–Kier alpha value is -1.93. The van der Waals surface area contributed by atoms with Crippen molar-refractivity contribution in [1.29, 1.82) is 0 Å². The minimum absolute atomic E-state index is 0.0770. The predicted octanol–water partition coefficient (Wildman–Crippen LogP) is -0.124. The van der Waals surface area contributed by atoms with E-state index in [-0.39, 0.29) is 11.4 Å². The third kappa shape index (κ3) is 2.66. The number of nitrogens with zero attached hydrogens (tertiary/aromatic N) is 3. The van der Waals surface area contributed by atoms with Gasteiger partial charge in [-0.3, -0.25) is 0 Å². The minimum atomic E-state index is -3.59. The van der Waals surface area contributed by atoms with Crippen LogP contribution in [0, 0.1) is 0 Å². The van der Waals surface area contributed by atoms with Crippen LogP contribution in [0.3, 0.4) is 0 Å². The van der Waals surface area contributed by atoms with E-state index >= 15 is 0 Å². The van der Waals surface area contributed by atoms with Crippen molar-refractivity contribution in [3.8, 4) is 0 Å². The van der Waals surface area contributed by atoms with Crippen LogP contribution in [0.5, 0.6) is 0 Å². The Morgan fingerprint density at radius 1 is 1.44 bits per heavy atom. The molecule has 1 aromatic carbocycles. The number of nitrogens with one attached hydrogen (secondary N) is 1. The zero-order chi connectivity index (χ0) is 13.2. The molecule has 0 spiro atoms. The standard InChI is InChI=1S/C10H13N5O2S/c1-15-7-12-14-10(15)6-13-18(16,17)9-4-2-3-8(11)5-9/h2-5,7,13H,6,11H2,1H3. The van der Waals surface area contributed by atoms with Gasteiger partial charge in [-0.25, -0.2) is 13.1 Å². The fourth-order valence-electron chi connectivity index (χ4n) is 1.39. The molecule has 0 aliphatic carbocycles. The number of aryl methyl sites for hydroxylation is 1. The van der Waals surface area contributed by atoms with Crippen molar-refractivity contribution in [1.82, 2.24) is 19.5 Å². The SMILES string of the molecule is Cn1cnnc1CNS(=O)(=O)c1cccc(N)c1.